The lowest BCUT2D eigenvalue weighted by atomic mass is 10.2. The van der Waals surface area contributed by atoms with E-state index in [1.807, 2.05) is 55.5 Å². The summed E-state index contributed by atoms with van der Waals surface area (Å²) in [5.41, 5.74) is 5.92. The van der Waals surface area contributed by atoms with Gasteiger partial charge < -0.3 is 10.1 Å². The molecule has 0 aliphatic rings. The number of hydrogen-bond donors (Lipinski definition) is 2. The number of rotatable bonds is 7. The number of nitrogens with zero attached hydrogens (tertiary/aromatic N) is 1. The van der Waals surface area contributed by atoms with E-state index < -0.39 is 0 Å². The van der Waals surface area contributed by atoms with Crippen LogP contribution in [0.2, 0.25) is 0 Å². The molecular weight excluding hydrogens is 318 g/mol. The van der Waals surface area contributed by atoms with Gasteiger partial charge in [0.15, 0.2) is 5.11 Å². The molecule has 5 heteroatoms. The van der Waals surface area contributed by atoms with Crippen LogP contribution in [-0.2, 0) is 0 Å². The van der Waals surface area contributed by atoms with Crippen molar-refractivity contribution in [3.8, 4) is 5.75 Å². The number of benzene rings is 2. The molecule has 0 heterocycles. The average Bonchev–Trinajstić information content (AvgIpc) is 2.59. The Morgan fingerprint density at radius 1 is 1.12 bits per heavy atom. The lowest BCUT2D eigenvalue weighted by Gasteiger charge is -2.07. The summed E-state index contributed by atoms with van der Waals surface area (Å²) in [7, 11) is 0. The monoisotopic (exact) mass is 341 g/mol. The van der Waals surface area contributed by atoms with Gasteiger partial charge in [0.2, 0.25) is 0 Å². The summed E-state index contributed by atoms with van der Waals surface area (Å²) in [6.45, 7) is 4.95. The molecule has 0 aliphatic heterocycles. The summed E-state index contributed by atoms with van der Waals surface area (Å²) >= 11 is 5.21. The van der Waals surface area contributed by atoms with E-state index in [0.717, 1.165) is 36.4 Å². The topological polar surface area (TPSA) is 45.6 Å². The maximum Gasteiger partial charge on any atom is 0.191 e. The number of unbranched alkanes of at least 4 members (excludes halogenated alkanes) is 1. The van der Waals surface area contributed by atoms with Crippen molar-refractivity contribution in [2.75, 3.05) is 11.9 Å². The number of thiocarbonyl (C=S) groups is 1. The van der Waals surface area contributed by atoms with Crippen LogP contribution in [0.5, 0.6) is 5.75 Å². The Morgan fingerprint density at radius 2 is 1.83 bits per heavy atom. The first-order chi connectivity index (χ1) is 11.7. The molecule has 24 heavy (non-hydrogen) atoms. The summed E-state index contributed by atoms with van der Waals surface area (Å²) in [5, 5.41) is 7.67. The molecule has 0 atom stereocenters. The Morgan fingerprint density at radius 3 is 2.50 bits per heavy atom. The molecule has 0 spiro atoms. The van der Waals surface area contributed by atoms with Crippen LogP contribution in [0.25, 0.3) is 0 Å². The van der Waals surface area contributed by atoms with E-state index in [9.17, 15) is 0 Å². The molecule has 0 bridgehead atoms. The lowest BCUT2D eigenvalue weighted by Crippen LogP contribution is -2.23. The van der Waals surface area contributed by atoms with Crippen LogP contribution in [0.3, 0.4) is 0 Å². The number of anilines is 1. The van der Waals surface area contributed by atoms with E-state index >= 15 is 0 Å². The molecule has 0 radical (unpaired) electrons. The van der Waals surface area contributed by atoms with E-state index in [1.54, 1.807) is 6.21 Å². The van der Waals surface area contributed by atoms with E-state index in [0.29, 0.717) is 5.11 Å². The molecule has 126 valence electrons. The first kappa shape index (κ1) is 17.9. The summed E-state index contributed by atoms with van der Waals surface area (Å²) in [5.74, 6) is 0.880. The maximum absolute atomic E-state index is 5.63. The predicted octanol–water partition coefficient (Wildman–Crippen LogP) is 4.49. The second kappa shape index (κ2) is 9.67. The lowest BCUT2D eigenvalue weighted by molar-refractivity contribution is 0.309. The minimum absolute atomic E-state index is 0.453. The fourth-order valence-electron chi connectivity index (χ4n) is 1.95. The highest BCUT2D eigenvalue weighted by atomic mass is 32.1. The molecule has 2 aromatic carbocycles. The smallest absolute Gasteiger partial charge is 0.191 e. The third-order valence-corrected chi connectivity index (χ3v) is 3.53. The first-order valence-electron chi connectivity index (χ1n) is 8.07. The second-order valence-electron chi connectivity index (χ2n) is 5.46. The van der Waals surface area contributed by atoms with Gasteiger partial charge in [0.05, 0.1) is 12.8 Å². The van der Waals surface area contributed by atoms with E-state index in [2.05, 4.69) is 22.8 Å². The van der Waals surface area contributed by atoms with Gasteiger partial charge in [0, 0.05) is 5.69 Å². The fraction of sp³-hybridized carbons (Fsp3) is 0.263. The highest BCUT2D eigenvalue weighted by Crippen LogP contribution is 2.11. The standard InChI is InChI=1S/C19H23N3OS/c1-3-4-13-23-18-11-7-16(8-12-18)14-20-22-19(24)21-17-9-5-15(2)6-10-17/h5-12,14H,3-4,13H2,1-2H3,(H2,21,22,24). The Labute approximate surface area is 148 Å². The second-order valence-corrected chi connectivity index (χ2v) is 5.87. The molecule has 0 aromatic heterocycles. The van der Waals surface area contributed by atoms with Crippen molar-refractivity contribution in [2.45, 2.75) is 26.7 Å². The highest BCUT2D eigenvalue weighted by molar-refractivity contribution is 7.80. The van der Waals surface area contributed by atoms with Crippen molar-refractivity contribution in [1.29, 1.82) is 0 Å². The zero-order chi connectivity index (χ0) is 17.2. The molecule has 2 rings (SSSR count). The Hall–Kier alpha value is -2.40. The molecular formula is C19H23N3OS. The minimum atomic E-state index is 0.453. The van der Waals surface area contributed by atoms with Gasteiger partial charge in [-0.05, 0) is 67.5 Å². The fourth-order valence-corrected chi connectivity index (χ4v) is 2.12. The van der Waals surface area contributed by atoms with E-state index in [1.165, 1.54) is 5.56 Å². The average molecular weight is 341 g/mol. The van der Waals surface area contributed by atoms with Gasteiger partial charge >= 0.3 is 0 Å². The van der Waals surface area contributed by atoms with Crippen LogP contribution >= 0.6 is 12.2 Å². The molecule has 2 aromatic rings. The molecule has 0 fully saturated rings. The van der Waals surface area contributed by atoms with Crippen LogP contribution in [0.4, 0.5) is 5.69 Å². The molecule has 0 saturated heterocycles. The van der Waals surface area contributed by atoms with Crippen molar-refractivity contribution in [1.82, 2.24) is 5.43 Å². The Bertz CT molecular complexity index is 666. The molecule has 4 nitrogen and oxygen atoms in total. The van der Waals surface area contributed by atoms with Crippen LogP contribution in [-0.4, -0.2) is 17.9 Å². The van der Waals surface area contributed by atoms with Gasteiger partial charge in [-0.3, -0.25) is 5.43 Å². The molecule has 0 amide bonds. The van der Waals surface area contributed by atoms with Crippen LogP contribution in [0.1, 0.15) is 30.9 Å². The number of aryl methyl sites for hydroxylation is 1. The zero-order valence-corrected chi connectivity index (χ0v) is 14.9. The number of ether oxygens (including phenoxy) is 1. The third kappa shape index (κ3) is 6.38. The van der Waals surface area contributed by atoms with Crippen molar-refractivity contribution in [3.63, 3.8) is 0 Å². The van der Waals surface area contributed by atoms with Gasteiger partial charge in [0.1, 0.15) is 5.75 Å². The molecule has 0 aliphatic carbocycles. The van der Waals surface area contributed by atoms with Crippen molar-refractivity contribution in [3.05, 3.63) is 59.7 Å². The Kier molecular flexibility index (Phi) is 7.23. The first-order valence-corrected chi connectivity index (χ1v) is 8.48. The highest BCUT2D eigenvalue weighted by Gasteiger charge is 1.96. The van der Waals surface area contributed by atoms with Crippen LogP contribution in [0.15, 0.2) is 53.6 Å². The Balaban J connectivity index is 1.78. The van der Waals surface area contributed by atoms with E-state index in [4.69, 9.17) is 17.0 Å². The predicted molar refractivity (Wildman–Crippen MR) is 105 cm³/mol. The van der Waals surface area contributed by atoms with Crippen LogP contribution in [0, 0.1) is 6.92 Å². The maximum atomic E-state index is 5.63. The van der Waals surface area contributed by atoms with Crippen molar-refractivity contribution in [2.24, 2.45) is 5.10 Å². The summed E-state index contributed by atoms with van der Waals surface area (Å²) in [6.07, 6.45) is 3.92. The van der Waals surface area contributed by atoms with Crippen molar-refractivity contribution < 1.29 is 4.74 Å². The molecule has 0 unspecified atom stereocenters. The minimum Gasteiger partial charge on any atom is -0.494 e. The summed E-state index contributed by atoms with van der Waals surface area (Å²) in [6, 6.07) is 15.8. The van der Waals surface area contributed by atoms with Crippen LogP contribution < -0.4 is 15.5 Å². The largest absolute Gasteiger partial charge is 0.494 e. The molecule has 2 N–H and O–H groups in total. The summed E-state index contributed by atoms with van der Waals surface area (Å²) < 4.78 is 5.63. The summed E-state index contributed by atoms with van der Waals surface area (Å²) in [4.78, 5) is 0. The van der Waals surface area contributed by atoms with Gasteiger partial charge in [-0.25, -0.2) is 0 Å². The SMILES string of the molecule is CCCCOc1ccc(C=NNC(=S)Nc2ccc(C)cc2)cc1. The van der Waals surface area contributed by atoms with Crippen molar-refractivity contribution >= 4 is 29.2 Å². The van der Waals surface area contributed by atoms with E-state index in [-0.39, 0.29) is 0 Å². The zero-order valence-electron chi connectivity index (χ0n) is 14.1. The van der Waals surface area contributed by atoms with Gasteiger partial charge in [-0.15, -0.1) is 0 Å². The number of hydrogen-bond acceptors (Lipinski definition) is 3. The van der Waals surface area contributed by atoms with Gasteiger partial charge in [-0.2, -0.15) is 5.10 Å². The van der Waals surface area contributed by atoms with Gasteiger partial charge in [0.25, 0.3) is 0 Å². The normalized spacial score (nSPS) is 10.6. The van der Waals surface area contributed by atoms with Gasteiger partial charge in [-0.1, -0.05) is 31.0 Å². The number of nitrogens with one attached hydrogen (secondary N) is 2. The molecule has 0 saturated carbocycles. The third-order valence-electron chi connectivity index (χ3n) is 3.34. The number of hydrazone groups is 1. The quantitative estimate of drug-likeness (QED) is 0.337.